The van der Waals surface area contributed by atoms with Crippen LogP contribution < -0.4 is 24.8 Å². The smallest absolute Gasteiger partial charge is 0.217 e. The molecule has 1 unspecified atom stereocenters. The molecule has 7 nitrogen and oxygen atoms in total. The third kappa shape index (κ3) is 5.04. The molecular weight excluding hydrogens is 412 g/mol. The molecule has 156 valence electrons. The summed E-state index contributed by atoms with van der Waals surface area (Å²) in [7, 11) is 1.63. The zero-order chi connectivity index (χ0) is 20.1. The molecule has 0 radical (unpaired) electrons. The summed E-state index contributed by atoms with van der Waals surface area (Å²) in [5.41, 5.74) is 1.95. The van der Waals surface area contributed by atoms with Gasteiger partial charge in [0.1, 0.15) is 18.0 Å². The second kappa shape index (κ2) is 9.82. The first-order valence-electron chi connectivity index (χ1n) is 9.47. The first-order chi connectivity index (χ1) is 14.3. The Bertz CT molecular complexity index is 821. The quantitative estimate of drug-likeness (QED) is 0.588. The Labute approximate surface area is 179 Å². The molecule has 2 aliphatic rings. The number of hydrogen-bond acceptors (Lipinski definition) is 9. The Kier molecular flexibility index (Phi) is 6.94. The number of benzene rings is 2. The molecule has 9 heteroatoms. The van der Waals surface area contributed by atoms with Crippen molar-refractivity contribution in [2.75, 3.05) is 31.3 Å². The topological polar surface area (TPSA) is 61.4 Å². The van der Waals surface area contributed by atoms with Gasteiger partial charge in [-0.05, 0) is 43.2 Å². The fourth-order valence-corrected chi connectivity index (χ4v) is 4.66. The van der Waals surface area contributed by atoms with E-state index in [9.17, 15) is 0 Å². The van der Waals surface area contributed by atoms with Crippen molar-refractivity contribution < 1.29 is 22.8 Å². The molecule has 2 aromatic rings. The van der Waals surface area contributed by atoms with Crippen LogP contribution in [0.2, 0.25) is 0 Å². The summed E-state index contributed by atoms with van der Waals surface area (Å²) in [5.74, 6) is 3.30. The van der Waals surface area contributed by atoms with Crippen molar-refractivity contribution in [2.45, 2.75) is 24.8 Å². The van der Waals surface area contributed by atoms with Crippen LogP contribution in [0, 0.1) is 0 Å². The Balaban J connectivity index is 1.31. The van der Waals surface area contributed by atoms with Crippen LogP contribution in [0.3, 0.4) is 0 Å². The molecule has 0 aliphatic carbocycles. The highest BCUT2D eigenvalue weighted by atomic mass is 32.2. The number of hydrogen-bond donors (Lipinski definition) is 1. The largest absolute Gasteiger partial charge is 0.494 e. The average molecular weight is 437 g/mol. The van der Waals surface area contributed by atoms with E-state index in [-0.39, 0.29) is 5.37 Å². The van der Waals surface area contributed by atoms with Gasteiger partial charge in [0.25, 0.3) is 0 Å². The zero-order valence-corrected chi connectivity index (χ0v) is 18.0. The van der Waals surface area contributed by atoms with E-state index < -0.39 is 0 Å². The molecule has 29 heavy (non-hydrogen) atoms. The lowest BCUT2D eigenvalue weighted by molar-refractivity contribution is 0.0256. The van der Waals surface area contributed by atoms with Gasteiger partial charge in [0.05, 0.1) is 19.1 Å². The van der Waals surface area contributed by atoms with Crippen molar-refractivity contribution in [3.8, 4) is 17.2 Å². The molecule has 0 bridgehead atoms. The van der Waals surface area contributed by atoms with Crippen LogP contribution in [0.1, 0.15) is 12.5 Å². The van der Waals surface area contributed by atoms with Crippen molar-refractivity contribution in [3.63, 3.8) is 0 Å². The first-order valence-corrected chi connectivity index (χ1v) is 11.2. The molecule has 2 aromatic carbocycles. The van der Waals surface area contributed by atoms with E-state index in [2.05, 4.69) is 11.4 Å². The van der Waals surface area contributed by atoms with E-state index in [4.69, 9.17) is 22.8 Å². The fraction of sp³-hybridized carbons (Fsp3) is 0.400. The van der Waals surface area contributed by atoms with Gasteiger partial charge < -0.3 is 14.2 Å². The molecule has 0 spiro atoms. The molecule has 2 aliphatic heterocycles. The van der Waals surface area contributed by atoms with Gasteiger partial charge in [0.2, 0.25) is 12.3 Å². The third-order valence-corrected chi connectivity index (χ3v) is 6.24. The van der Waals surface area contributed by atoms with E-state index >= 15 is 0 Å². The monoisotopic (exact) mass is 436 g/mol. The number of nitrogens with one attached hydrogen (secondary N) is 1. The Hall–Kier alpha value is -1.78. The third-order valence-electron chi connectivity index (χ3n) is 4.58. The highest BCUT2D eigenvalue weighted by molar-refractivity contribution is 8.00. The molecular formula is C20H24N2O5S2. The maximum atomic E-state index is 6.01. The van der Waals surface area contributed by atoms with Gasteiger partial charge in [0, 0.05) is 11.8 Å². The number of para-hydroxylation sites is 2. The minimum absolute atomic E-state index is 0.242. The molecule has 2 atom stereocenters. The number of anilines is 1. The highest BCUT2D eigenvalue weighted by Crippen LogP contribution is 2.38. The summed E-state index contributed by atoms with van der Waals surface area (Å²) >= 11 is 2.81. The number of nitrogens with zero attached hydrogens (tertiary/aromatic N) is 1. The molecule has 4 rings (SSSR count). The van der Waals surface area contributed by atoms with Gasteiger partial charge in [-0.2, -0.15) is 0 Å². The molecule has 2 fully saturated rings. The maximum absolute atomic E-state index is 6.01. The van der Waals surface area contributed by atoms with E-state index in [1.54, 1.807) is 7.11 Å². The molecule has 2 heterocycles. The molecule has 2 saturated heterocycles. The lowest BCUT2D eigenvalue weighted by Gasteiger charge is -2.28. The predicted molar refractivity (Wildman–Crippen MR) is 115 cm³/mol. The summed E-state index contributed by atoms with van der Waals surface area (Å²) in [5, 5.41) is 5.25. The Morgan fingerprint density at radius 3 is 2.59 bits per heavy atom. The van der Waals surface area contributed by atoms with Crippen LogP contribution in [0.5, 0.6) is 17.2 Å². The number of rotatable bonds is 9. The maximum Gasteiger partial charge on any atom is 0.217 e. The normalized spacial score (nSPS) is 21.0. The average Bonchev–Trinajstić information content (AvgIpc) is 3.14. The summed E-state index contributed by atoms with van der Waals surface area (Å²) < 4.78 is 27.4. The standard InChI is InChI=1S/C20H24N2O5S2/c1-3-24-18-6-4-5-7-19(18)25-12-20-21-15(13-28-20)10-14-8-9-17(23-2)16(11-14)22-26-29-27-22/h4-9,11,15,20-21H,3,10,12-13H2,1-2H3/t15-,20?/m0/s1. The van der Waals surface area contributed by atoms with Crippen LogP contribution >= 0.6 is 24.1 Å². The van der Waals surface area contributed by atoms with E-state index in [1.807, 2.05) is 55.1 Å². The minimum Gasteiger partial charge on any atom is -0.494 e. The van der Waals surface area contributed by atoms with Crippen molar-refractivity contribution in [2.24, 2.45) is 0 Å². The van der Waals surface area contributed by atoms with Gasteiger partial charge in [-0.25, -0.2) is 0 Å². The van der Waals surface area contributed by atoms with Gasteiger partial charge in [-0.3, -0.25) is 5.32 Å². The molecule has 0 saturated carbocycles. The minimum atomic E-state index is 0.242. The van der Waals surface area contributed by atoms with Crippen molar-refractivity contribution in [3.05, 3.63) is 48.0 Å². The lowest BCUT2D eigenvalue weighted by atomic mass is 10.1. The summed E-state index contributed by atoms with van der Waals surface area (Å²) in [4.78, 5) is 0. The van der Waals surface area contributed by atoms with Crippen LogP contribution in [0.15, 0.2) is 42.5 Å². The van der Waals surface area contributed by atoms with Crippen LogP contribution in [0.4, 0.5) is 5.69 Å². The summed E-state index contributed by atoms with van der Waals surface area (Å²) in [6, 6.07) is 14.2. The Morgan fingerprint density at radius 2 is 1.90 bits per heavy atom. The van der Waals surface area contributed by atoms with Crippen molar-refractivity contribution in [1.82, 2.24) is 5.32 Å². The van der Waals surface area contributed by atoms with E-state index in [0.717, 1.165) is 41.7 Å². The van der Waals surface area contributed by atoms with Crippen LogP contribution in [-0.4, -0.2) is 37.5 Å². The summed E-state index contributed by atoms with van der Waals surface area (Å²) in [6.45, 7) is 3.18. The van der Waals surface area contributed by atoms with Crippen molar-refractivity contribution in [1.29, 1.82) is 0 Å². The van der Waals surface area contributed by atoms with E-state index in [1.165, 1.54) is 10.8 Å². The number of ether oxygens (including phenoxy) is 3. The summed E-state index contributed by atoms with van der Waals surface area (Å²) in [6.07, 6.45) is 0.900. The second-order valence-electron chi connectivity index (χ2n) is 6.56. The molecule has 0 amide bonds. The highest BCUT2D eigenvalue weighted by Gasteiger charge is 2.27. The zero-order valence-electron chi connectivity index (χ0n) is 16.3. The second-order valence-corrected chi connectivity index (χ2v) is 8.23. The van der Waals surface area contributed by atoms with Gasteiger partial charge in [-0.1, -0.05) is 23.4 Å². The number of thioether (sulfide) groups is 1. The van der Waals surface area contributed by atoms with Crippen LogP contribution in [0.25, 0.3) is 0 Å². The van der Waals surface area contributed by atoms with Gasteiger partial charge in [0.15, 0.2) is 11.5 Å². The lowest BCUT2D eigenvalue weighted by Crippen LogP contribution is -2.35. The van der Waals surface area contributed by atoms with Gasteiger partial charge in [-0.15, -0.1) is 20.3 Å². The van der Waals surface area contributed by atoms with Crippen molar-refractivity contribution >= 4 is 29.8 Å². The molecule has 1 N–H and O–H groups in total. The SMILES string of the molecule is CCOc1ccccc1OCC1N[C@@H](Cc2ccc(OC)c(N3OSO3)c2)CS1. The number of methoxy groups -OCH3 is 1. The Morgan fingerprint density at radius 1 is 1.10 bits per heavy atom. The van der Waals surface area contributed by atoms with E-state index in [0.29, 0.717) is 25.0 Å². The fourth-order valence-electron chi connectivity index (χ4n) is 3.25. The molecule has 0 aromatic heterocycles. The van der Waals surface area contributed by atoms with Crippen LogP contribution in [-0.2, 0) is 15.0 Å². The van der Waals surface area contributed by atoms with Gasteiger partial charge >= 0.3 is 0 Å². The first kappa shape index (κ1) is 20.5. The predicted octanol–water partition coefficient (Wildman–Crippen LogP) is 3.99.